The van der Waals surface area contributed by atoms with Crippen molar-refractivity contribution in [1.29, 1.82) is 0 Å². The summed E-state index contributed by atoms with van der Waals surface area (Å²) in [4.78, 5) is 0. The lowest BCUT2D eigenvalue weighted by atomic mass is 9.91. The third kappa shape index (κ3) is 1.36. The van der Waals surface area contributed by atoms with Crippen LogP contribution in [0.15, 0.2) is 54.6 Å². The van der Waals surface area contributed by atoms with Crippen LogP contribution in [0.3, 0.4) is 0 Å². The van der Waals surface area contributed by atoms with Crippen molar-refractivity contribution in [3.8, 4) is 11.8 Å². The molecule has 0 aliphatic carbocycles. The normalized spacial score (nSPS) is 11.0. The maximum Gasteiger partial charge on any atom is 0.0330 e. The van der Waals surface area contributed by atoms with Crippen LogP contribution in [0.1, 0.15) is 12.5 Å². The molecule has 0 radical (unpaired) electrons. The van der Waals surface area contributed by atoms with Crippen LogP contribution in [0.5, 0.6) is 0 Å². The Morgan fingerprint density at radius 1 is 0.737 bits per heavy atom. The molecular formula is C19H12. The van der Waals surface area contributed by atoms with E-state index in [1.807, 2.05) is 6.92 Å². The van der Waals surface area contributed by atoms with Crippen LogP contribution in [0.2, 0.25) is 0 Å². The summed E-state index contributed by atoms with van der Waals surface area (Å²) in [6, 6.07) is 19.6. The molecule has 0 heteroatoms. The van der Waals surface area contributed by atoms with Gasteiger partial charge in [0.25, 0.3) is 0 Å². The Morgan fingerprint density at radius 3 is 2.21 bits per heavy atom. The maximum absolute atomic E-state index is 3.24. The van der Waals surface area contributed by atoms with Crippen LogP contribution in [0, 0.1) is 11.8 Å². The molecular weight excluding hydrogens is 228 g/mol. The molecule has 0 aliphatic heterocycles. The molecule has 88 valence electrons. The second-order valence-corrected chi connectivity index (χ2v) is 4.85. The van der Waals surface area contributed by atoms with Crippen molar-refractivity contribution in [3.63, 3.8) is 0 Å². The van der Waals surface area contributed by atoms with Gasteiger partial charge in [0.1, 0.15) is 0 Å². The highest BCUT2D eigenvalue weighted by atomic mass is 14.1. The second kappa shape index (κ2) is 3.73. The largest absolute Gasteiger partial charge is 0.101 e. The molecule has 0 N–H and O–H groups in total. The first-order valence-corrected chi connectivity index (χ1v) is 6.48. The minimum atomic E-state index is 1.12. The second-order valence-electron chi connectivity index (χ2n) is 4.85. The molecule has 0 bridgehead atoms. The van der Waals surface area contributed by atoms with E-state index in [1.54, 1.807) is 0 Å². The lowest BCUT2D eigenvalue weighted by Crippen LogP contribution is -1.87. The van der Waals surface area contributed by atoms with Crippen LogP contribution in [-0.2, 0) is 0 Å². The molecule has 0 saturated heterocycles. The number of rotatable bonds is 0. The Morgan fingerprint density at radius 2 is 1.42 bits per heavy atom. The molecule has 0 saturated carbocycles. The third-order valence-corrected chi connectivity index (χ3v) is 3.77. The van der Waals surface area contributed by atoms with E-state index in [0.29, 0.717) is 0 Å². The lowest BCUT2D eigenvalue weighted by Gasteiger charge is -2.11. The van der Waals surface area contributed by atoms with Gasteiger partial charge < -0.3 is 0 Å². The van der Waals surface area contributed by atoms with Gasteiger partial charge in [-0.15, -0.1) is 5.92 Å². The van der Waals surface area contributed by atoms with Gasteiger partial charge >= 0.3 is 0 Å². The van der Waals surface area contributed by atoms with Crippen molar-refractivity contribution < 1.29 is 0 Å². The first-order valence-electron chi connectivity index (χ1n) is 6.48. The van der Waals surface area contributed by atoms with Crippen LogP contribution < -0.4 is 0 Å². The quantitative estimate of drug-likeness (QED) is 0.301. The van der Waals surface area contributed by atoms with Crippen molar-refractivity contribution >= 4 is 32.3 Å². The van der Waals surface area contributed by atoms with Crippen molar-refractivity contribution in [2.24, 2.45) is 0 Å². The molecule has 0 nitrogen and oxygen atoms in total. The first kappa shape index (κ1) is 10.4. The van der Waals surface area contributed by atoms with E-state index in [4.69, 9.17) is 0 Å². The van der Waals surface area contributed by atoms with E-state index in [0.717, 1.165) is 5.56 Å². The zero-order chi connectivity index (χ0) is 12.8. The van der Waals surface area contributed by atoms with Gasteiger partial charge in [-0.05, 0) is 45.3 Å². The average molecular weight is 240 g/mol. The van der Waals surface area contributed by atoms with Gasteiger partial charge in [-0.1, -0.05) is 54.5 Å². The van der Waals surface area contributed by atoms with Crippen LogP contribution in [-0.4, -0.2) is 0 Å². The fraction of sp³-hybridized carbons (Fsp3) is 0.0526. The van der Waals surface area contributed by atoms with E-state index < -0.39 is 0 Å². The third-order valence-electron chi connectivity index (χ3n) is 3.77. The van der Waals surface area contributed by atoms with Gasteiger partial charge in [0.2, 0.25) is 0 Å². The zero-order valence-corrected chi connectivity index (χ0v) is 10.7. The number of hydrogen-bond donors (Lipinski definition) is 0. The molecule has 4 rings (SSSR count). The van der Waals surface area contributed by atoms with Gasteiger partial charge in [0.15, 0.2) is 0 Å². The molecule has 0 heterocycles. The predicted molar refractivity (Wildman–Crippen MR) is 82.7 cm³/mol. The van der Waals surface area contributed by atoms with Crippen LogP contribution in [0.4, 0.5) is 0 Å². The summed E-state index contributed by atoms with van der Waals surface area (Å²) in [5, 5.41) is 7.84. The fourth-order valence-corrected chi connectivity index (χ4v) is 3.00. The van der Waals surface area contributed by atoms with Gasteiger partial charge in [0, 0.05) is 5.56 Å². The van der Waals surface area contributed by atoms with Crippen LogP contribution in [0.25, 0.3) is 32.3 Å². The van der Waals surface area contributed by atoms with E-state index in [2.05, 4.69) is 66.4 Å². The van der Waals surface area contributed by atoms with Crippen molar-refractivity contribution in [3.05, 3.63) is 60.2 Å². The summed E-state index contributed by atoms with van der Waals surface area (Å²) >= 11 is 0. The molecule has 4 aromatic carbocycles. The summed E-state index contributed by atoms with van der Waals surface area (Å²) in [5.74, 6) is 6.26. The predicted octanol–water partition coefficient (Wildman–Crippen LogP) is 4.96. The standard InChI is InChI=1S/C19H12/c1-2-5-15-12-16-8-3-6-13-10-11-14-7-4-9-17(15)19(14)18(13)16/h3-4,6-12H,1H3. The van der Waals surface area contributed by atoms with Crippen LogP contribution >= 0.6 is 0 Å². The highest BCUT2D eigenvalue weighted by Crippen LogP contribution is 2.35. The van der Waals surface area contributed by atoms with E-state index >= 15 is 0 Å². The van der Waals surface area contributed by atoms with Gasteiger partial charge in [0.05, 0.1) is 0 Å². The number of hydrogen-bond acceptors (Lipinski definition) is 0. The molecule has 4 aromatic rings. The maximum atomic E-state index is 3.24. The monoisotopic (exact) mass is 240 g/mol. The van der Waals surface area contributed by atoms with Gasteiger partial charge in [-0.2, -0.15) is 0 Å². The van der Waals surface area contributed by atoms with Gasteiger partial charge in [-0.3, -0.25) is 0 Å². The highest BCUT2D eigenvalue weighted by Gasteiger charge is 2.09. The Labute approximate surface area is 112 Å². The molecule has 19 heavy (non-hydrogen) atoms. The highest BCUT2D eigenvalue weighted by molar-refractivity contribution is 6.24. The topological polar surface area (TPSA) is 0 Å². The summed E-state index contributed by atoms with van der Waals surface area (Å²) < 4.78 is 0. The number of benzene rings is 4. The minimum absolute atomic E-state index is 1.12. The van der Waals surface area contributed by atoms with Crippen molar-refractivity contribution in [2.45, 2.75) is 6.92 Å². The molecule has 0 unspecified atom stereocenters. The summed E-state index contributed by atoms with van der Waals surface area (Å²) in [6.45, 7) is 1.89. The van der Waals surface area contributed by atoms with E-state index in [1.165, 1.54) is 32.3 Å². The zero-order valence-electron chi connectivity index (χ0n) is 10.7. The molecule has 0 spiro atoms. The Balaban J connectivity index is 2.41. The Kier molecular flexibility index (Phi) is 2.05. The van der Waals surface area contributed by atoms with Crippen molar-refractivity contribution in [1.82, 2.24) is 0 Å². The molecule has 0 aliphatic rings. The minimum Gasteiger partial charge on any atom is -0.101 e. The van der Waals surface area contributed by atoms with E-state index in [-0.39, 0.29) is 0 Å². The van der Waals surface area contributed by atoms with E-state index in [9.17, 15) is 0 Å². The summed E-state index contributed by atoms with van der Waals surface area (Å²) in [6.07, 6.45) is 0. The molecule has 0 amide bonds. The SMILES string of the molecule is CC#Cc1cc2cccc3ccc4cccc1c4c32. The molecule has 0 atom stereocenters. The smallest absolute Gasteiger partial charge is 0.0330 e. The molecule has 0 fully saturated rings. The summed E-state index contributed by atoms with van der Waals surface area (Å²) in [7, 11) is 0. The Bertz CT molecular complexity index is 965. The fourth-order valence-electron chi connectivity index (χ4n) is 3.00. The van der Waals surface area contributed by atoms with Gasteiger partial charge in [-0.25, -0.2) is 0 Å². The molecule has 0 aromatic heterocycles. The lowest BCUT2D eigenvalue weighted by molar-refractivity contribution is 1.74. The summed E-state index contributed by atoms with van der Waals surface area (Å²) in [5.41, 5.74) is 1.12. The Hall–Kier alpha value is -2.52. The first-order chi connectivity index (χ1) is 9.38. The van der Waals surface area contributed by atoms with Crippen molar-refractivity contribution in [2.75, 3.05) is 0 Å². The average Bonchev–Trinajstić information content (AvgIpc) is 2.46.